The molecule has 0 aliphatic carbocycles. The van der Waals surface area contributed by atoms with Gasteiger partial charge in [-0.2, -0.15) is 0 Å². The Kier molecular flexibility index (Phi) is 4.53. The molecule has 0 spiro atoms. The lowest BCUT2D eigenvalue weighted by Crippen LogP contribution is -2.09. The highest BCUT2D eigenvalue weighted by atomic mass is 79.9. The lowest BCUT2D eigenvalue weighted by Gasteiger charge is -2.09. The van der Waals surface area contributed by atoms with Gasteiger partial charge in [-0.25, -0.2) is 13.2 Å². The molecule has 0 N–H and O–H groups in total. The van der Waals surface area contributed by atoms with E-state index in [0.29, 0.717) is 6.07 Å². The highest BCUT2D eigenvalue weighted by molar-refractivity contribution is 9.09. The summed E-state index contributed by atoms with van der Waals surface area (Å²) in [4.78, 5) is 10.5. The number of Topliss-reactive ketones (excluding diaryl/α,β-unsaturated/α-hetero) is 1. The Hall–Kier alpha value is -0.840. The molecule has 1 unspecified atom stereocenters. The molecule has 0 saturated heterocycles. The number of benzene rings is 1. The fourth-order valence-corrected chi connectivity index (χ4v) is 2.15. The van der Waals surface area contributed by atoms with Crippen molar-refractivity contribution in [2.75, 3.05) is 0 Å². The summed E-state index contributed by atoms with van der Waals surface area (Å²) in [6.07, 6.45) is 0.362. The van der Waals surface area contributed by atoms with Crippen molar-refractivity contribution in [2.24, 2.45) is 0 Å². The number of halogens is 4. The van der Waals surface area contributed by atoms with Crippen LogP contribution in [0.5, 0.6) is 0 Å². The van der Waals surface area contributed by atoms with Crippen molar-refractivity contribution >= 4 is 21.7 Å². The van der Waals surface area contributed by atoms with Gasteiger partial charge in [-0.3, -0.25) is 4.79 Å². The SMILES string of the molecule is CC(=O)CC(Br)Cc1cc(F)c(F)cc1F. The first-order valence-corrected chi connectivity index (χ1v) is 5.58. The Labute approximate surface area is 99.8 Å². The molecular formula is C11H10BrF3O. The molecule has 1 atom stereocenters. The quantitative estimate of drug-likeness (QED) is 0.614. The zero-order valence-electron chi connectivity index (χ0n) is 8.57. The summed E-state index contributed by atoms with van der Waals surface area (Å²) >= 11 is 3.19. The predicted molar refractivity (Wildman–Crippen MR) is 58.0 cm³/mol. The fraction of sp³-hybridized carbons (Fsp3) is 0.364. The Morgan fingerprint density at radius 2 is 1.81 bits per heavy atom. The highest BCUT2D eigenvalue weighted by Gasteiger charge is 2.14. The first-order valence-electron chi connectivity index (χ1n) is 4.67. The largest absolute Gasteiger partial charge is 0.300 e. The van der Waals surface area contributed by atoms with Crippen LogP contribution in [0.15, 0.2) is 12.1 Å². The zero-order chi connectivity index (χ0) is 12.3. The summed E-state index contributed by atoms with van der Waals surface area (Å²) in [7, 11) is 0. The molecule has 0 aliphatic heterocycles. The third-order valence-electron chi connectivity index (χ3n) is 2.04. The molecule has 0 radical (unpaired) electrons. The first kappa shape index (κ1) is 13.2. The summed E-state index contributed by atoms with van der Waals surface area (Å²) in [6.45, 7) is 1.41. The van der Waals surface area contributed by atoms with E-state index in [1.165, 1.54) is 6.92 Å². The molecular weight excluding hydrogens is 285 g/mol. The van der Waals surface area contributed by atoms with E-state index in [0.717, 1.165) is 6.07 Å². The van der Waals surface area contributed by atoms with Crippen LogP contribution in [0.1, 0.15) is 18.9 Å². The van der Waals surface area contributed by atoms with Gasteiger partial charge in [0.2, 0.25) is 0 Å². The predicted octanol–water partition coefficient (Wildman–Crippen LogP) is 3.39. The van der Waals surface area contributed by atoms with Crippen molar-refractivity contribution in [3.63, 3.8) is 0 Å². The number of rotatable bonds is 4. The molecule has 0 aliphatic rings. The smallest absolute Gasteiger partial charge is 0.161 e. The summed E-state index contributed by atoms with van der Waals surface area (Å²) < 4.78 is 38.7. The Bertz CT molecular complexity index is 406. The van der Waals surface area contributed by atoms with Gasteiger partial charge in [0.15, 0.2) is 11.6 Å². The average molecular weight is 295 g/mol. The third kappa shape index (κ3) is 3.63. The second-order valence-corrected chi connectivity index (χ2v) is 4.86. The van der Waals surface area contributed by atoms with Crippen molar-refractivity contribution in [3.05, 3.63) is 35.1 Å². The summed E-state index contributed by atoms with van der Waals surface area (Å²) in [6, 6.07) is 1.33. The van der Waals surface area contributed by atoms with E-state index in [9.17, 15) is 18.0 Å². The van der Waals surface area contributed by atoms with Gasteiger partial charge in [-0.15, -0.1) is 0 Å². The van der Waals surface area contributed by atoms with Crippen molar-refractivity contribution in [2.45, 2.75) is 24.6 Å². The van der Waals surface area contributed by atoms with Gasteiger partial charge in [-0.05, 0) is 25.0 Å². The van der Waals surface area contributed by atoms with Crippen molar-refractivity contribution in [3.8, 4) is 0 Å². The molecule has 5 heteroatoms. The summed E-state index contributed by atoms with van der Waals surface area (Å²) in [5, 5.41) is 0. The Balaban J connectivity index is 2.81. The van der Waals surface area contributed by atoms with Gasteiger partial charge in [0.1, 0.15) is 11.6 Å². The van der Waals surface area contributed by atoms with E-state index in [4.69, 9.17) is 0 Å². The number of ketones is 1. The molecule has 0 fully saturated rings. The van der Waals surface area contributed by atoms with Crippen LogP contribution in [0.3, 0.4) is 0 Å². The molecule has 16 heavy (non-hydrogen) atoms. The van der Waals surface area contributed by atoms with Gasteiger partial charge < -0.3 is 0 Å². The van der Waals surface area contributed by atoms with Gasteiger partial charge in [0.25, 0.3) is 0 Å². The Morgan fingerprint density at radius 1 is 1.25 bits per heavy atom. The van der Waals surface area contributed by atoms with E-state index >= 15 is 0 Å². The highest BCUT2D eigenvalue weighted by Crippen LogP contribution is 2.19. The van der Waals surface area contributed by atoms with E-state index in [-0.39, 0.29) is 29.0 Å². The number of hydrogen-bond donors (Lipinski definition) is 0. The second kappa shape index (κ2) is 5.48. The van der Waals surface area contributed by atoms with Crippen LogP contribution in [0.4, 0.5) is 13.2 Å². The van der Waals surface area contributed by atoms with E-state index in [1.54, 1.807) is 0 Å². The molecule has 0 heterocycles. The standard InChI is InChI=1S/C11H10BrF3O/c1-6(16)2-8(12)3-7-4-10(14)11(15)5-9(7)13/h4-5,8H,2-3H2,1H3. The Morgan fingerprint density at radius 3 is 2.38 bits per heavy atom. The first-order chi connectivity index (χ1) is 7.40. The van der Waals surface area contributed by atoms with Crippen LogP contribution in [0, 0.1) is 17.5 Å². The second-order valence-electron chi connectivity index (χ2n) is 3.57. The number of alkyl halides is 1. The molecule has 0 saturated carbocycles. The summed E-state index contributed by atoms with van der Waals surface area (Å²) in [5.74, 6) is -3.14. The van der Waals surface area contributed by atoms with Crippen LogP contribution >= 0.6 is 15.9 Å². The monoisotopic (exact) mass is 294 g/mol. The maximum atomic E-state index is 13.2. The van der Waals surface area contributed by atoms with Crippen LogP contribution in [0.2, 0.25) is 0 Å². The number of carbonyl (C=O) groups is 1. The normalized spacial score (nSPS) is 12.6. The van der Waals surface area contributed by atoms with Gasteiger partial charge in [0.05, 0.1) is 0 Å². The topological polar surface area (TPSA) is 17.1 Å². The summed E-state index contributed by atoms with van der Waals surface area (Å²) in [5.41, 5.74) is 0.0574. The van der Waals surface area contributed by atoms with Crippen LogP contribution < -0.4 is 0 Å². The minimum atomic E-state index is -1.21. The van der Waals surface area contributed by atoms with Gasteiger partial charge in [-0.1, -0.05) is 15.9 Å². The van der Waals surface area contributed by atoms with Crippen LogP contribution in [-0.2, 0) is 11.2 Å². The average Bonchev–Trinajstić information content (AvgIpc) is 2.12. The lowest BCUT2D eigenvalue weighted by molar-refractivity contribution is -0.116. The minimum Gasteiger partial charge on any atom is -0.300 e. The molecule has 0 bridgehead atoms. The molecule has 1 aromatic rings. The lowest BCUT2D eigenvalue weighted by atomic mass is 10.1. The van der Waals surface area contributed by atoms with Gasteiger partial charge >= 0.3 is 0 Å². The molecule has 1 aromatic carbocycles. The van der Waals surface area contributed by atoms with Crippen molar-refractivity contribution in [1.82, 2.24) is 0 Å². The van der Waals surface area contributed by atoms with E-state index < -0.39 is 17.5 Å². The number of carbonyl (C=O) groups excluding carboxylic acids is 1. The number of hydrogen-bond acceptors (Lipinski definition) is 1. The maximum Gasteiger partial charge on any atom is 0.161 e. The molecule has 0 amide bonds. The van der Waals surface area contributed by atoms with Crippen molar-refractivity contribution < 1.29 is 18.0 Å². The van der Waals surface area contributed by atoms with E-state index in [2.05, 4.69) is 15.9 Å². The maximum absolute atomic E-state index is 13.2. The molecule has 0 aromatic heterocycles. The molecule has 88 valence electrons. The van der Waals surface area contributed by atoms with Crippen molar-refractivity contribution in [1.29, 1.82) is 0 Å². The van der Waals surface area contributed by atoms with Crippen LogP contribution in [-0.4, -0.2) is 10.6 Å². The van der Waals surface area contributed by atoms with E-state index in [1.807, 2.05) is 0 Å². The molecule has 1 nitrogen and oxygen atoms in total. The van der Waals surface area contributed by atoms with Crippen LogP contribution in [0.25, 0.3) is 0 Å². The molecule has 1 rings (SSSR count). The van der Waals surface area contributed by atoms with Gasteiger partial charge in [0, 0.05) is 17.3 Å². The minimum absolute atomic E-state index is 0.0510. The zero-order valence-corrected chi connectivity index (χ0v) is 10.2. The fourth-order valence-electron chi connectivity index (χ4n) is 1.34. The third-order valence-corrected chi connectivity index (χ3v) is 2.69.